The van der Waals surface area contributed by atoms with Crippen LogP contribution in [0.25, 0.3) is 0 Å². The Kier molecular flexibility index (Phi) is 4.76. The van der Waals surface area contributed by atoms with E-state index in [9.17, 15) is 4.79 Å². The highest BCUT2D eigenvalue weighted by Gasteiger charge is 2.19. The van der Waals surface area contributed by atoms with Crippen LogP contribution in [0.4, 0.5) is 5.13 Å². The lowest BCUT2D eigenvalue weighted by atomic mass is 10.2. The number of aromatic carboxylic acids is 1. The summed E-state index contributed by atoms with van der Waals surface area (Å²) >= 11 is 1.41. The summed E-state index contributed by atoms with van der Waals surface area (Å²) in [7, 11) is 2.16. The number of carboxylic acids is 1. The standard InChI is InChI=1S/C13H21N3O2S/c1-9-11(12(17)18)15-13(19-9)14-7-8-16(2)10-5-3-4-6-10/h10H,3-8H2,1-2H3,(H,14,15)(H,17,18). The molecule has 0 spiro atoms. The molecule has 0 saturated heterocycles. The lowest BCUT2D eigenvalue weighted by Gasteiger charge is -2.23. The van der Waals surface area contributed by atoms with E-state index in [2.05, 4.69) is 22.2 Å². The van der Waals surface area contributed by atoms with Gasteiger partial charge in [-0.2, -0.15) is 0 Å². The van der Waals surface area contributed by atoms with E-state index in [-0.39, 0.29) is 5.69 Å². The second-order valence-corrected chi connectivity index (χ2v) is 6.28. The van der Waals surface area contributed by atoms with Gasteiger partial charge in [0.05, 0.1) is 0 Å². The second kappa shape index (κ2) is 6.34. The van der Waals surface area contributed by atoms with Crippen molar-refractivity contribution in [1.29, 1.82) is 0 Å². The van der Waals surface area contributed by atoms with Crippen molar-refractivity contribution < 1.29 is 9.90 Å². The van der Waals surface area contributed by atoms with E-state index in [0.717, 1.165) is 24.0 Å². The Morgan fingerprint density at radius 1 is 1.53 bits per heavy atom. The van der Waals surface area contributed by atoms with Gasteiger partial charge in [0.2, 0.25) is 0 Å². The van der Waals surface area contributed by atoms with Crippen molar-refractivity contribution in [3.8, 4) is 0 Å². The number of aryl methyl sites for hydroxylation is 1. The van der Waals surface area contributed by atoms with Gasteiger partial charge < -0.3 is 15.3 Å². The first kappa shape index (κ1) is 14.3. The van der Waals surface area contributed by atoms with Crippen LogP contribution in [0.5, 0.6) is 0 Å². The SMILES string of the molecule is Cc1sc(NCCN(C)C2CCCC2)nc1C(=O)O. The fourth-order valence-electron chi connectivity index (χ4n) is 2.54. The summed E-state index contributed by atoms with van der Waals surface area (Å²) in [4.78, 5) is 18.1. The van der Waals surface area contributed by atoms with E-state index < -0.39 is 5.97 Å². The molecule has 5 nitrogen and oxygen atoms in total. The van der Waals surface area contributed by atoms with Crippen molar-refractivity contribution in [3.63, 3.8) is 0 Å². The van der Waals surface area contributed by atoms with Gasteiger partial charge in [-0.3, -0.25) is 0 Å². The maximum Gasteiger partial charge on any atom is 0.355 e. The molecule has 19 heavy (non-hydrogen) atoms. The Morgan fingerprint density at radius 3 is 2.79 bits per heavy atom. The van der Waals surface area contributed by atoms with Crippen molar-refractivity contribution in [2.45, 2.75) is 38.6 Å². The van der Waals surface area contributed by atoms with Gasteiger partial charge in [-0.1, -0.05) is 12.8 Å². The summed E-state index contributed by atoms with van der Waals surface area (Å²) in [5, 5.41) is 12.9. The number of thiazole rings is 1. The molecule has 0 amide bonds. The zero-order chi connectivity index (χ0) is 13.8. The maximum absolute atomic E-state index is 10.9. The molecule has 1 heterocycles. The first-order valence-corrected chi connectivity index (χ1v) is 7.54. The van der Waals surface area contributed by atoms with Crippen LogP contribution in [-0.4, -0.2) is 47.1 Å². The Morgan fingerprint density at radius 2 is 2.21 bits per heavy atom. The zero-order valence-corrected chi connectivity index (χ0v) is 12.3. The molecule has 1 aromatic heterocycles. The lowest BCUT2D eigenvalue weighted by molar-refractivity contribution is 0.0690. The van der Waals surface area contributed by atoms with E-state index in [1.165, 1.54) is 37.0 Å². The number of likely N-dealkylation sites (N-methyl/N-ethyl adjacent to an activating group) is 1. The quantitative estimate of drug-likeness (QED) is 0.839. The molecule has 2 rings (SSSR count). The van der Waals surface area contributed by atoms with Gasteiger partial charge in [0.15, 0.2) is 10.8 Å². The molecule has 2 N–H and O–H groups in total. The molecule has 0 aliphatic heterocycles. The highest BCUT2D eigenvalue weighted by Crippen LogP contribution is 2.23. The van der Waals surface area contributed by atoms with Gasteiger partial charge in [-0.25, -0.2) is 9.78 Å². The summed E-state index contributed by atoms with van der Waals surface area (Å²) in [6, 6.07) is 0.717. The van der Waals surface area contributed by atoms with E-state index in [1.54, 1.807) is 6.92 Å². The molecule has 0 unspecified atom stereocenters. The number of nitrogens with one attached hydrogen (secondary N) is 1. The third kappa shape index (κ3) is 3.67. The summed E-state index contributed by atoms with van der Waals surface area (Å²) in [6.45, 7) is 3.56. The number of hydrogen-bond acceptors (Lipinski definition) is 5. The van der Waals surface area contributed by atoms with Crippen LogP contribution in [-0.2, 0) is 0 Å². The number of carbonyl (C=O) groups is 1. The van der Waals surface area contributed by atoms with Crippen LogP contribution in [0.1, 0.15) is 41.0 Å². The van der Waals surface area contributed by atoms with Gasteiger partial charge in [0.1, 0.15) is 0 Å². The number of hydrogen-bond donors (Lipinski definition) is 2. The van der Waals surface area contributed by atoms with Crippen molar-refractivity contribution in [2.75, 3.05) is 25.5 Å². The van der Waals surface area contributed by atoms with Gasteiger partial charge in [-0.15, -0.1) is 11.3 Å². The predicted molar refractivity (Wildman–Crippen MR) is 77.2 cm³/mol. The minimum atomic E-state index is -0.954. The minimum absolute atomic E-state index is 0.164. The molecular weight excluding hydrogens is 262 g/mol. The molecule has 1 aliphatic rings. The number of nitrogens with zero attached hydrogens (tertiary/aromatic N) is 2. The van der Waals surface area contributed by atoms with Crippen molar-refractivity contribution in [1.82, 2.24) is 9.88 Å². The van der Waals surface area contributed by atoms with Crippen LogP contribution in [0.3, 0.4) is 0 Å². The molecule has 1 fully saturated rings. The van der Waals surface area contributed by atoms with Crippen molar-refractivity contribution >= 4 is 22.4 Å². The van der Waals surface area contributed by atoms with Crippen molar-refractivity contribution in [3.05, 3.63) is 10.6 Å². The van der Waals surface area contributed by atoms with E-state index in [4.69, 9.17) is 5.11 Å². The molecule has 0 bridgehead atoms. The van der Waals surface area contributed by atoms with Crippen molar-refractivity contribution in [2.24, 2.45) is 0 Å². The van der Waals surface area contributed by atoms with Crippen LogP contribution in [0.2, 0.25) is 0 Å². The van der Waals surface area contributed by atoms with Gasteiger partial charge in [-0.05, 0) is 26.8 Å². The number of aromatic nitrogens is 1. The second-order valence-electron chi connectivity index (χ2n) is 5.07. The number of carboxylic acid groups (broad SMARTS) is 1. The minimum Gasteiger partial charge on any atom is -0.476 e. The van der Waals surface area contributed by atoms with E-state index in [1.807, 2.05) is 0 Å². The summed E-state index contributed by atoms with van der Waals surface area (Å²) in [6.07, 6.45) is 5.29. The Labute approximate surface area is 117 Å². The topological polar surface area (TPSA) is 65.5 Å². The zero-order valence-electron chi connectivity index (χ0n) is 11.5. The highest BCUT2D eigenvalue weighted by molar-refractivity contribution is 7.15. The first-order chi connectivity index (χ1) is 9.08. The Bertz CT molecular complexity index is 441. The van der Waals surface area contributed by atoms with Crippen LogP contribution < -0.4 is 5.32 Å². The fraction of sp³-hybridized carbons (Fsp3) is 0.692. The molecule has 1 aliphatic carbocycles. The Balaban J connectivity index is 1.79. The number of rotatable bonds is 6. The monoisotopic (exact) mass is 283 g/mol. The number of anilines is 1. The molecular formula is C13H21N3O2S. The lowest BCUT2D eigenvalue weighted by Crippen LogP contribution is -2.33. The van der Waals surface area contributed by atoms with Gasteiger partial charge in [0, 0.05) is 24.0 Å². The maximum atomic E-state index is 10.9. The Hall–Kier alpha value is -1.14. The van der Waals surface area contributed by atoms with Crippen LogP contribution >= 0.6 is 11.3 Å². The fourth-order valence-corrected chi connectivity index (χ4v) is 3.37. The third-order valence-corrected chi connectivity index (χ3v) is 4.62. The molecule has 0 radical (unpaired) electrons. The van der Waals surface area contributed by atoms with E-state index in [0.29, 0.717) is 5.13 Å². The highest BCUT2D eigenvalue weighted by atomic mass is 32.1. The molecule has 6 heteroatoms. The molecule has 1 saturated carbocycles. The largest absolute Gasteiger partial charge is 0.476 e. The summed E-state index contributed by atoms with van der Waals surface area (Å²) in [5.41, 5.74) is 0.164. The first-order valence-electron chi connectivity index (χ1n) is 6.72. The average molecular weight is 283 g/mol. The molecule has 106 valence electrons. The van der Waals surface area contributed by atoms with Crippen LogP contribution in [0.15, 0.2) is 0 Å². The normalized spacial score (nSPS) is 16.2. The predicted octanol–water partition coefficient (Wildman–Crippen LogP) is 2.44. The van der Waals surface area contributed by atoms with Gasteiger partial charge >= 0.3 is 5.97 Å². The summed E-state index contributed by atoms with van der Waals surface area (Å²) < 4.78 is 0. The van der Waals surface area contributed by atoms with Crippen LogP contribution in [0, 0.1) is 6.92 Å². The molecule has 1 aromatic rings. The molecule has 0 atom stereocenters. The average Bonchev–Trinajstić information content (AvgIpc) is 2.98. The van der Waals surface area contributed by atoms with Gasteiger partial charge in [0.25, 0.3) is 0 Å². The third-order valence-electron chi connectivity index (χ3n) is 3.69. The van der Waals surface area contributed by atoms with E-state index >= 15 is 0 Å². The molecule has 0 aromatic carbocycles. The smallest absolute Gasteiger partial charge is 0.355 e. The summed E-state index contributed by atoms with van der Waals surface area (Å²) in [5.74, 6) is -0.954.